The number of aromatic nitrogens is 5. The van der Waals surface area contributed by atoms with E-state index in [0.717, 1.165) is 45.4 Å². The Balaban J connectivity index is 1.50. The number of amides is 1. The molecule has 0 aromatic carbocycles. The number of pyridine rings is 1. The fourth-order valence-corrected chi connectivity index (χ4v) is 5.19. The number of hydrogen-bond donors (Lipinski definition) is 4. The van der Waals surface area contributed by atoms with E-state index < -0.39 is 5.91 Å². The van der Waals surface area contributed by atoms with Gasteiger partial charge in [0.05, 0.1) is 42.1 Å². The van der Waals surface area contributed by atoms with Crippen molar-refractivity contribution in [3.8, 4) is 11.4 Å². The fourth-order valence-electron chi connectivity index (χ4n) is 4.06. The molecule has 1 aliphatic rings. The molecule has 0 atom stereocenters. The molecule has 0 bridgehead atoms. The highest BCUT2D eigenvalue weighted by molar-refractivity contribution is 7.19. The number of hydroxylamine groups is 1. The Labute approximate surface area is 222 Å². The number of rotatable bonds is 9. The van der Waals surface area contributed by atoms with E-state index >= 15 is 0 Å². The van der Waals surface area contributed by atoms with Gasteiger partial charge in [-0.3, -0.25) is 10.0 Å². The van der Waals surface area contributed by atoms with Gasteiger partial charge in [0.1, 0.15) is 5.82 Å². The first-order chi connectivity index (χ1) is 18.6. The summed E-state index contributed by atoms with van der Waals surface area (Å²) in [5.41, 5.74) is 3.31. The van der Waals surface area contributed by atoms with Crippen molar-refractivity contribution in [2.45, 2.75) is 6.54 Å². The molecule has 198 valence electrons. The Morgan fingerprint density at radius 2 is 1.95 bits per heavy atom. The zero-order chi connectivity index (χ0) is 26.5. The number of thiophene rings is 1. The summed E-state index contributed by atoms with van der Waals surface area (Å²) in [6.07, 6.45) is 4.40. The topological polar surface area (TPSA) is 162 Å². The Morgan fingerprint density at radius 3 is 2.61 bits per heavy atom. The Kier molecular flexibility index (Phi) is 7.83. The molecule has 13 nitrogen and oxygen atoms in total. The number of nitrogens with zero attached hydrogens (tertiary/aromatic N) is 7. The van der Waals surface area contributed by atoms with Gasteiger partial charge in [-0.25, -0.2) is 30.4 Å². The van der Waals surface area contributed by atoms with Crippen LogP contribution in [-0.2, 0) is 11.3 Å². The van der Waals surface area contributed by atoms with Crippen molar-refractivity contribution < 1.29 is 19.8 Å². The lowest BCUT2D eigenvalue weighted by atomic mass is 10.2. The van der Waals surface area contributed by atoms with Gasteiger partial charge in [-0.2, -0.15) is 0 Å². The first-order valence-electron chi connectivity index (χ1n) is 12.0. The van der Waals surface area contributed by atoms with E-state index in [1.54, 1.807) is 23.0 Å². The molecule has 1 fully saturated rings. The predicted molar refractivity (Wildman–Crippen MR) is 143 cm³/mol. The molecule has 38 heavy (non-hydrogen) atoms. The molecule has 0 spiro atoms. The van der Waals surface area contributed by atoms with Gasteiger partial charge in [-0.15, -0.1) is 11.3 Å². The maximum Gasteiger partial charge on any atom is 0.277 e. The van der Waals surface area contributed by atoms with Gasteiger partial charge in [0.2, 0.25) is 5.95 Å². The minimum Gasteiger partial charge on any atom is -0.395 e. The zero-order valence-electron chi connectivity index (χ0n) is 20.7. The average Bonchev–Trinajstić information content (AvgIpc) is 3.39. The van der Waals surface area contributed by atoms with E-state index in [9.17, 15) is 9.90 Å². The molecule has 4 aromatic heterocycles. The van der Waals surface area contributed by atoms with E-state index in [0.29, 0.717) is 31.5 Å². The summed E-state index contributed by atoms with van der Waals surface area (Å²) in [7, 11) is 1.82. The molecule has 1 aliphatic heterocycles. The summed E-state index contributed by atoms with van der Waals surface area (Å²) in [6.45, 7) is 3.32. The minimum absolute atomic E-state index is 0.105. The van der Waals surface area contributed by atoms with Crippen molar-refractivity contribution in [3.05, 3.63) is 47.2 Å². The molecule has 1 saturated heterocycles. The third kappa shape index (κ3) is 5.47. The number of aliphatic hydroxyl groups is 1. The number of morpholine rings is 1. The number of aliphatic hydroxyl groups excluding tert-OH is 1. The zero-order valence-corrected chi connectivity index (χ0v) is 21.5. The van der Waals surface area contributed by atoms with Gasteiger partial charge in [0, 0.05) is 55.7 Å². The van der Waals surface area contributed by atoms with Crippen LogP contribution in [0.25, 0.3) is 21.6 Å². The van der Waals surface area contributed by atoms with Crippen LogP contribution in [0.1, 0.15) is 15.2 Å². The van der Waals surface area contributed by atoms with Gasteiger partial charge >= 0.3 is 0 Å². The highest BCUT2D eigenvalue weighted by Gasteiger charge is 2.21. The second kappa shape index (κ2) is 11.6. The van der Waals surface area contributed by atoms with Crippen molar-refractivity contribution in [2.24, 2.45) is 0 Å². The lowest BCUT2D eigenvalue weighted by Gasteiger charge is -2.28. The number of nitrogens with one attached hydrogen (secondary N) is 2. The maximum atomic E-state index is 11.6. The van der Waals surface area contributed by atoms with Crippen molar-refractivity contribution in [2.75, 3.05) is 61.6 Å². The van der Waals surface area contributed by atoms with Crippen LogP contribution in [0, 0.1) is 0 Å². The quantitative estimate of drug-likeness (QED) is 0.180. The Morgan fingerprint density at radius 1 is 1.16 bits per heavy atom. The van der Waals surface area contributed by atoms with E-state index in [1.165, 1.54) is 12.4 Å². The summed E-state index contributed by atoms with van der Waals surface area (Å²) >= 11 is 1.58. The van der Waals surface area contributed by atoms with E-state index in [4.69, 9.17) is 19.9 Å². The van der Waals surface area contributed by atoms with Crippen LogP contribution in [-0.4, -0.2) is 87.6 Å². The van der Waals surface area contributed by atoms with Crippen LogP contribution in [0.5, 0.6) is 0 Å². The highest BCUT2D eigenvalue weighted by Crippen LogP contribution is 2.35. The number of hydrogen-bond acceptors (Lipinski definition) is 13. The van der Waals surface area contributed by atoms with Crippen LogP contribution >= 0.6 is 11.3 Å². The summed E-state index contributed by atoms with van der Waals surface area (Å²) < 4.78 is 6.52. The monoisotopic (exact) mass is 537 g/mol. The van der Waals surface area contributed by atoms with Crippen LogP contribution < -0.4 is 20.6 Å². The molecule has 0 saturated carbocycles. The highest BCUT2D eigenvalue weighted by atomic mass is 32.1. The fraction of sp³-hybridized carbons (Fsp3) is 0.333. The molecule has 5 heterocycles. The van der Waals surface area contributed by atoms with Crippen molar-refractivity contribution >= 4 is 45.0 Å². The Hall–Kier alpha value is -3.98. The summed E-state index contributed by atoms with van der Waals surface area (Å²) in [5, 5.41) is 21.5. The predicted octanol–water partition coefficient (Wildman–Crippen LogP) is 1.54. The molecule has 4 N–H and O–H groups in total. The van der Waals surface area contributed by atoms with Gasteiger partial charge in [-0.05, 0) is 18.2 Å². The number of ether oxygens (including phenoxy) is 1. The number of fused-ring (bicyclic) bond motifs is 1. The normalized spacial score (nSPS) is 13.5. The lowest BCUT2D eigenvalue weighted by Crippen LogP contribution is -2.36. The molecule has 4 aromatic rings. The van der Waals surface area contributed by atoms with Gasteiger partial charge in [0.15, 0.2) is 11.6 Å². The summed E-state index contributed by atoms with van der Waals surface area (Å²) in [5.74, 6) is 1.85. The SMILES string of the molecule is CNc1ccc(-c2nc(N3CCOCC3)c3sc(CN(CCO)c4ncc(C(=O)NO)cn4)cc3n2)cn1. The molecule has 1 amide bonds. The maximum absolute atomic E-state index is 11.6. The molecular formula is C24H27N9O4S. The second-order valence-electron chi connectivity index (χ2n) is 8.44. The molecule has 5 rings (SSSR count). The van der Waals surface area contributed by atoms with Crippen LogP contribution in [0.3, 0.4) is 0 Å². The molecule has 0 radical (unpaired) electrons. The van der Waals surface area contributed by atoms with E-state index in [-0.39, 0.29) is 18.7 Å². The standard InChI is InChI=1S/C24H27N9O4S/c1-25-19-3-2-15(11-26-19)21-29-18-10-17(38-20(18)22(30-21)32-5-8-37-9-6-32)14-33(4-7-34)24-27-12-16(13-28-24)23(35)31-36/h2-3,10-13,34,36H,4-9,14H2,1H3,(H,25,26)(H,31,35). The first kappa shape index (κ1) is 25.7. The Bertz CT molecular complexity index is 1390. The van der Waals surface area contributed by atoms with Crippen molar-refractivity contribution in [1.29, 1.82) is 0 Å². The molecule has 14 heteroatoms. The van der Waals surface area contributed by atoms with Crippen molar-refractivity contribution in [3.63, 3.8) is 0 Å². The second-order valence-corrected chi connectivity index (χ2v) is 9.57. The smallest absolute Gasteiger partial charge is 0.277 e. The van der Waals surface area contributed by atoms with Gasteiger partial charge < -0.3 is 25.0 Å². The number of anilines is 3. The lowest BCUT2D eigenvalue weighted by molar-refractivity contribution is 0.0705. The third-order valence-electron chi connectivity index (χ3n) is 5.99. The summed E-state index contributed by atoms with van der Waals surface area (Å²) in [6, 6.07) is 5.85. The first-order valence-corrected chi connectivity index (χ1v) is 12.8. The largest absolute Gasteiger partial charge is 0.395 e. The van der Waals surface area contributed by atoms with E-state index in [2.05, 4.69) is 25.2 Å². The van der Waals surface area contributed by atoms with Crippen LogP contribution in [0.4, 0.5) is 17.6 Å². The third-order valence-corrected chi connectivity index (χ3v) is 7.10. The minimum atomic E-state index is -0.699. The molecular weight excluding hydrogens is 510 g/mol. The molecule has 0 aliphatic carbocycles. The number of carbonyl (C=O) groups is 1. The average molecular weight is 538 g/mol. The summed E-state index contributed by atoms with van der Waals surface area (Å²) in [4.78, 5) is 39.3. The number of carbonyl (C=O) groups excluding carboxylic acids is 1. The van der Waals surface area contributed by atoms with Gasteiger partial charge in [-0.1, -0.05) is 0 Å². The van der Waals surface area contributed by atoms with E-state index in [1.807, 2.05) is 30.1 Å². The van der Waals surface area contributed by atoms with Crippen molar-refractivity contribution in [1.82, 2.24) is 30.4 Å². The molecule has 0 unspecified atom stereocenters. The van der Waals surface area contributed by atoms with Crippen LogP contribution in [0.15, 0.2) is 36.8 Å². The van der Waals surface area contributed by atoms with Gasteiger partial charge in [0.25, 0.3) is 5.91 Å². The van der Waals surface area contributed by atoms with Crippen LogP contribution in [0.2, 0.25) is 0 Å².